The number of carbonyl (C=O) groups is 2. The number of nitrogens with one attached hydrogen (secondary N) is 2. The van der Waals surface area contributed by atoms with E-state index in [4.69, 9.17) is 19.5 Å². The number of nitrogens with zero attached hydrogens (tertiary/aromatic N) is 4. The van der Waals surface area contributed by atoms with E-state index >= 15 is 0 Å². The number of hydrogen-bond donors (Lipinski definition) is 10. The fourth-order valence-corrected chi connectivity index (χ4v) is 8.60. The van der Waals surface area contributed by atoms with Crippen molar-refractivity contribution in [3.63, 3.8) is 0 Å². The van der Waals surface area contributed by atoms with Crippen LogP contribution in [0, 0.1) is 5.41 Å². The minimum atomic E-state index is -5.56. The lowest BCUT2D eigenvalue weighted by Crippen LogP contribution is -2.46. The Morgan fingerprint density at radius 2 is 1.74 bits per heavy atom. The second kappa shape index (κ2) is 20.3. The Balaban J connectivity index is 1.20. The number of benzene rings is 1. The van der Waals surface area contributed by atoms with E-state index in [0.717, 1.165) is 22.8 Å². The van der Waals surface area contributed by atoms with Crippen molar-refractivity contribution < 1.29 is 80.8 Å². The average molecular weight is 900 g/mol. The van der Waals surface area contributed by atoms with Crippen LogP contribution in [0.25, 0.3) is 17.2 Å². The summed E-state index contributed by atoms with van der Waals surface area (Å²) >= 11 is 1.57. The van der Waals surface area contributed by atoms with Crippen molar-refractivity contribution in [2.45, 2.75) is 50.9 Å². The molecule has 3 heterocycles. The molecule has 58 heavy (non-hydrogen) atoms. The molecule has 2 amide bonds. The summed E-state index contributed by atoms with van der Waals surface area (Å²) in [4.78, 5) is 75.7. The number of hydrogen-bond acceptors (Lipinski definition) is 18. The number of imidazole rings is 1. The van der Waals surface area contributed by atoms with Crippen LogP contribution in [0.5, 0.6) is 5.75 Å². The number of anilines is 1. The number of aliphatic hydroxyl groups is 2. The zero-order chi connectivity index (χ0) is 42.9. The smallest absolute Gasteiger partial charge is 0.481 e. The number of aliphatic hydroxyl groups excluding tert-OH is 2. The number of rotatable bonds is 22. The third-order valence-corrected chi connectivity index (χ3v) is 12.1. The van der Waals surface area contributed by atoms with Crippen LogP contribution in [0.1, 0.15) is 32.1 Å². The van der Waals surface area contributed by atoms with Crippen LogP contribution in [0.15, 0.2) is 43.0 Å². The van der Waals surface area contributed by atoms with Gasteiger partial charge in [0, 0.05) is 36.4 Å². The molecule has 1 aromatic carbocycles. The summed E-state index contributed by atoms with van der Waals surface area (Å²) in [5.41, 5.74) is 5.22. The van der Waals surface area contributed by atoms with E-state index in [1.807, 2.05) is 12.2 Å². The third-order valence-electron chi connectivity index (χ3n) is 8.06. The first kappa shape index (κ1) is 47.3. The number of phosphoric ester groups is 3. The van der Waals surface area contributed by atoms with Gasteiger partial charge in [0.2, 0.25) is 11.8 Å². The van der Waals surface area contributed by atoms with Crippen LogP contribution >= 0.6 is 35.2 Å². The number of phosphoric acid groups is 3. The molecule has 4 rings (SSSR count). The molecule has 0 saturated carbocycles. The highest BCUT2D eigenvalue weighted by atomic mass is 32.2. The normalized spacial score (nSPS) is 21.4. The quantitative estimate of drug-likeness (QED) is 0.0486. The van der Waals surface area contributed by atoms with Crippen molar-refractivity contribution in [1.29, 1.82) is 0 Å². The van der Waals surface area contributed by atoms with Crippen LogP contribution in [-0.2, 0) is 45.9 Å². The largest absolute Gasteiger partial charge is 0.508 e. The zero-order valence-corrected chi connectivity index (χ0v) is 34.3. The number of amides is 2. The van der Waals surface area contributed by atoms with Gasteiger partial charge >= 0.3 is 23.5 Å². The van der Waals surface area contributed by atoms with Crippen LogP contribution in [0.4, 0.5) is 5.82 Å². The Morgan fingerprint density at radius 1 is 1.05 bits per heavy atom. The summed E-state index contributed by atoms with van der Waals surface area (Å²) in [6.45, 7) is 0.742. The lowest BCUT2D eigenvalue weighted by atomic mass is 9.87. The van der Waals surface area contributed by atoms with Gasteiger partial charge in [0.05, 0.1) is 19.5 Å². The van der Waals surface area contributed by atoms with Gasteiger partial charge in [0.15, 0.2) is 17.7 Å². The standard InChI is InChI=1S/C30H44N7O17P3S/c1-30(2,25(41)28(42)33-10-9-21(39)32-11-13-58-12-3-4-18-5-7-19(38)8-6-18)15-51-57(48,49)54-56(46,47)50-14-20-24(53-55(43,44)45)23(40)29(52-20)37-17-36-22-26(31)34-16-35-27(22)37/h3-8,16-17,20,23-25,29,38,40-41H,9-15H2,1-2H3,(H,32,39)(H,33,42)(H,46,47)(H,48,49)(H2,31,34,35)(H2,43,44,45)/b4-3+/t20-,23-,24-,25?,29-/m1/s1. The Hall–Kier alpha value is -3.35. The van der Waals surface area contributed by atoms with E-state index < -0.39 is 78.6 Å². The van der Waals surface area contributed by atoms with Crippen molar-refractivity contribution in [2.24, 2.45) is 5.41 Å². The van der Waals surface area contributed by atoms with E-state index in [1.54, 1.807) is 36.0 Å². The van der Waals surface area contributed by atoms with Gasteiger partial charge in [0.25, 0.3) is 0 Å². The maximum Gasteiger partial charge on any atom is 0.481 e. The number of phenolic OH excluding ortho intramolecular Hbond substituents is 1. The number of carbonyl (C=O) groups excluding carboxylic acids is 2. The van der Waals surface area contributed by atoms with E-state index in [1.165, 1.54) is 13.8 Å². The molecule has 0 radical (unpaired) electrons. The number of ether oxygens (including phenoxy) is 1. The van der Waals surface area contributed by atoms with E-state index in [0.29, 0.717) is 18.1 Å². The highest BCUT2D eigenvalue weighted by Gasteiger charge is 2.50. The second-order valence-electron chi connectivity index (χ2n) is 13.1. The summed E-state index contributed by atoms with van der Waals surface area (Å²) in [7, 11) is -16.4. The number of thioether (sulfide) groups is 1. The Kier molecular flexibility index (Phi) is 16.5. The highest BCUT2D eigenvalue weighted by Crippen LogP contribution is 2.61. The molecule has 11 N–H and O–H groups in total. The number of nitrogens with two attached hydrogens (primary N) is 1. The monoisotopic (exact) mass is 899 g/mol. The van der Waals surface area contributed by atoms with E-state index in [-0.39, 0.29) is 41.6 Å². The maximum absolute atomic E-state index is 12.7. The number of aromatic hydroxyl groups is 1. The predicted molar refractivity (Wildman–Crippen MR) is 204 cm³/mol. The second-order valence-corrected chi connectivity index (χ2v) is 18.5. The molecule has 28 heteroatoms. The van der Waals surface area contributed by atoms with Crippen LogP contribution in [0.3, 0.4) is 0 Å². The first-order valence-corrected chi connectivity index (χ1v) is 22.7. The molecule has 3 aromatic rings. The minimum Gasteiger partial charge on any atom is -0.508 e. The Morgan fingerprint density at radius 3 is 2.43 bits per heavy atom. The van der Waals surface area contributed by atoms with Gasteiger partial charge < -0.3 is 56.0 Å². The molecule has 1 saturated heterocycles. The zero-order valence-electron chi connectivity index (χ0n) is 30.8. The van der Waals surface area contributed by atoms with Gasteiger partial charge in [-0.1, -0.05) is 38.1 Å². The first-order valence-electron chi connectivity index (χ1n) is 17.0. The van der Waals surface area contributed by atoms with Crippen molar-refractivity contribution in [2.75, 3.05) is 43.5 Å². The highest BCUT2D eigenvalue weighted by molar-refractivity contribution is 7.99. The minimum absolute atomic E-state index is 0.0332. The van der Waals surface area contributed by atoms with Crippen molar-refractivity contribution >= 4 is 70.1 Å². The fourth-order valence-electron chi connectivity index (χ4n) is 5.12. The molecular formula is C30H44N7O17P3S. The van der Waals surface area contributed by atoms with Crippen LogP contribution in [0.2, 0.25) is 0 Å². The van der Waals surface area contributed by atoms with Gasteiger partial charge in [-0.3, -0.25) is 27.7 Å². The maximum atomic E-state index is 12.7. The summed E-state index contributed by atoms with van der Waals surface area (Å²) in [6.07, 6.45) is -2.97. The summed E-state index contributed by atoms with van der Waals surface area (Å²) in [5.74, 6) is 0.135. The number of phenols is 1. The fraction of sp³-hybridized carbons (Fsp3) is 0.500. The average Bonchev–Trinajstić information content (AvgIpc) is 3.70. The topological polar surface area (TPSA) is 367 Å². The van der Waals surface area contributed by atoms with Gasteiger partial charge in [-0.05, 0) is 17.7 Å². The van der Waals surface area contributed by atoms with E-state index in [9.17, 15) is 58.2 Å². The Bertz CT molecular complexity index is 2050. The molecule has 0 spiro atoms. The molecular weight excluding hydrogens is 855 g/mol. The van der Waals surface area contributed by atoms with Gasteiger partial charge in [-0.15, -0.1) is 0 Å². The van der Waals surface area contributed by atoms with Gasteiger partial charge in [-0.25, -0.2) is 28.6 Å². The molecule has 0 aliphatic carbocycles. The number of fused-ring (bicyclic) bond motifs is 1. The first-order chi connectivity index (χ1) is 27.1. The predicted octanol–water partition coefficient (Wildman–Crippen LogP) is 0.557. The lowest BCUT2D eigenvalue weighted by Gasteiger charge is -2.30. The molecule has 1 aliphatic rings. The number of aromatic nitrogens is 4. The molecule has 3 unspecified atom stereocenters. The van der Waals surface area contributed by atoms with Gasteiger partial charge in [0.1, 0.15) is 42.0 Å². The SMILES string of the molecule is CC(C)(COP(=O)(O)OP(=O)(O)OC[C@H]1O[C@@H](n2cnc3c(N)ncnc32)[C@H](O)[C@@H]1OP(=O)(O)O)C(O)C(=O)NCCC(=O)NCCSC/C=C/c1ccc(O)cc1. The Labute approximate surface area is 334 Å². The summed E-state index contributed by atoms with van der Waals surface area (Å²) < 4.78 is 62.2. The molecule has 24 nitrogen and oxygen atoms in total. The summed E-state index contributed by atoms with van der Waals surface area (Å²) in [6, 6.07) is 6.72. The van der Waals surface area contributed by atoms with Crippen molar-refractivity contribution in [1.82, 2.24) is 30.2 Å². The van der Waals surface area contributed by atoms with Gasteiger partial charge in [-0.2, -0.15) is 16.1 Å². The molecule has 1 fully saturated rings. The molecule has 1 aliphatic heterocycles. The van der Waals surface area contributed by atoms with Crippen LogP contribution < -0.4 is 16.4 Å². The number of nitrogen functional groups attached to an aromatic ring is 1. The van der Waals surface area contributed by atoms with Crippen molar-refractivity contribution in [3.05, 3.63) is 48.6 Å². The summed E-state index contributed by atoms with van der Waals surface area (Å²) in [5, 5.41) is 35.9. The molecule has 7 atom stereocenters. The van der Waals surface area contributed by atoms with Crippen molar-refractivity contribution in [3.8, 4) is 5.75 Å². The van der Waals surface area contributed by atoms with E-state index in [2.05, 4.69) is 34.4 Å². The molecule has 0 bridgehead atoms. The lowest BCUT2D eigenvalue weighted by molar-refractivity contribution is -0.137. The molecule has 2 aromatic heterocycles. The third kappa shape index (κ3) is 14.1. The van der Waals surface area contributed by atoms with Crippen LogP contribution in [-0.4, -0.2) is 128 Å². The molecule has 322 valence electrons.